The van der Waals surface area contributed by atoms with Gasteiger partial charge in [-0.25, -0.2) is 0 Å². The van der Waals surface area contributed by atoms with Crippen LogP contribution in [0.15, 0.2) is 0 Å². The Morgan fingerprint density at radius 1 is 1.17 bits per heavy atom. The Balaban J connectivity index is 3.62. The van der Waals surface area contributed by atoms with Crippen molar-refractivity contribution in [1.82, 2.24) is 0 Å². The smallest absolute Gasteiger partial charge is 0.140 e. The summed E-state index contributed by atoms with van der Waals surface area (Å²) in [6.07, 6.45) is 2.07. The van der Waals surface area contributed by atoms with E-state index in [1.807, 2.05) is 20.8 Å². The fourth-order valence-corrected chi connectivity index (χ4v) is 1.11. The van der Waals surface area contributed by atoms with Crippen LogP contribution in [-0.4, -0.2) is 11.6 Å². The van der Waals surface area contributed by atoms with Gasteiger partial charge in [-0.2, -0.15) is 0 Å². The Bertz CT molecular complexity index is 159. The first-order valence-electron chi connectivity index (χ1n) is 4.59. The number of hydrogen-bond donors (Lipinski definition) is 0. The number of rotatable bonds is 6. The molecule has 0 saturated heterocycles. The van der Waals surface area contributed by atoms with Crippen LogP contribution in [0, 0.1) is 5.92 Å². The molecule has 0 unspecified atom stereocenters. The first-order valence-corrected chi connectivity index (χ1v) is 4.59. The molecule has 0 radical (unpaired) electrons. The van der Waals surface area contributed by atoms with Crippen molar-refractivity contribution in [1.29, 1.82) is 0 Å². The Hall–Kier alpha value is -0.660. The number of carbonyl (C=O) groups excluding carboxylic acids is 2. The fourth-order valence-electron chi connectivity index (χ4n) is 1.11. The zero-order chi connectivity index (χ0) is 9.56. The number of Topliss-reactive ketones (excluding diaryl/α,β-unsaturated/α-hetero) is 2. The zero-order valence-electron chi connectivity index (χ0n) is 8.22. The molecule has 0 saturated carbocycles. The second kappa shape index (κ2) is 5.92. The van der Waals surface area contributed by atoms with Crippen LogP contribution in [-0.2, 0) is 9.59 Å². The molecule has 0 aromatic rings. The van der Waals surface area contributed by atoms with Gasteiger partial charge in [-0.05, 0) is 12.3 Å². The second-order valence-corrected chi connectivity index (χ2v) is 3.60. The molecule has 0 rings (SSSR count). The molecule has 0 spiro atoms. The Labute approximate surface area is 74.3 Å². The fraction of sp³-hybridized carbons (Fsp3) is 0.800. The number of hydrogen-bond acceptors (Lipinski definition) is 2. The summed E-state index contributed by atoms with van der Waals surface area (Å²) in [6.45, 7) is 5.93. The third kappa shape index (κ3) is 6.08. The topological polar surface area (TPSA) is 34.1 Å². The summed E-state index contributed by atoms with van der Waals surface area (Å²) in [4.78, 5) is 22.1. The molecular weight excluding hydrogens is 152 g/mol. The normalized spacial score (nSPS) is 10.3. The van der Waals surface area contributed by atoms with Crippen molar-refractivity contribution in [3.8, 4) is 0 Å². The summed E-state index contributed by atoms with van der Waals surface area (Å²) in [5.74, 6) is 0.540. The minimum Gasteiger partial charge on any atom is -0.299 e. The maximum Gasteiger partial charge on any atom is 0.140 e. The van der Waals surface area contributed by atoms with Crippen molar-refractivity contribution in [2.45, 2.75) is 46.5 Å². The van der Waals surface area contributed by atoms with Gasteiger partial charge in [-0.15, -0.1) is 0 Å². The average molecular weight is 170 g/mol. The van der Waals surface area contributed by atoms with Gasteiger partial charge in [0.1, 0.15) is 11.6 Å². The molecule has 0 fully saturated rings. The molecule has 0 aliphatic heterocycles. The highest BCUT2D eigenvalue weighted by Gasteiger charge is 2.09. The third-order valence-electron chi connectivity index (χ3n) is 1.56. The molecule has 0 N–H and O–H groups in total. The van der Waals surface area contributed by atoms with Crippen LogP contribution in [0.25, 0.3) is 0 Å². The van der Waals surface area contributed by atoms with Gasteiger partial charge in [0.2, 0.25) is 0 Å². The second-order valence-electron chi connectivity index (χ2n) is 3.60. The van der Waals surface area contributed by atoms with Crippen LogP contribution in [0.1, 0.15) is 46.5 Å². The van der Waals surface area contributed by atoms with Gasteiger partial charge in [-0.1, -0.05) is 20.8 Å². The Morgan fingerprint density at radius 2 is 1.75 bits per heavy atom. The molecule has 12 heavy (non-hydrogen) atoms. The molecule has 0 aliphatic carbocycles. The number of carbonyl (C=O) groups is 2. The largest absolute Gasteiger partial charge is 0.299 e. The molecule has 0 heterocycles. The summed E-state index contributed by atoms with van der Waals surface area (Å²) in [5.41, 5.74) is 0. The zero-order valence-corrected chi connectivity index (χ0v) is 8.22. The van der Waals surface area contributed by atoms with Crippen molar-refractivity contribution in [3.05, 3.63) is 0 Å². The first kappa shape index (κ1) is 11.3. The maximum absolute atomic E-state index is 11.1. The van der Waals surface area contributed by atoms with Crippen molar-refractivity contribution < 1.29 is 9.59 Å². The number of ketones is 2. The lowest BCUT2D eigenvalue weighted by molar-refractivity contribution is -0.127. The minimum absolute atomic E-state index is 0.0863. The van der Waals surface area contributed by atoms with E-state index in [4.69, 9.17) is 0 Å². The van der Waals surface area contributed by atoms with Gasteiger partial charge < -0.3 is 0 Å². The van der Waals surface area contributed by atoms with E-state index in [1.165, 1.54) is 0 Å². The molecular formula is C10H18O2. The summed E-state index contributed by atoms with van der Waals surface area (Å²) >= 11 is 0. The van der Waals surface area contributed by atoms with Crippen molar-refractivity contribution >= 4 is 11.6 Å². The van der Waals surface area contributed by atoms with Gasteiger partial charge in [-0.3, -0.25) is 9.59 Å². The molecule has 0 aromatic carbocycles. The summed E-state index contributed by atoms with van der Waals surface area (Å²) in [6, 6.07) is 0. The van der Waals surface area contributed by atoms with E-state index < -0.39 is 0 Å². The minimum atomic E-state index is 0.0863. The molecule has 0 amide bonds. The van der Waals surface area contributed by atoms with E-state index in [0.717, 1.165) is 6.42 Å². The standard InChI is InChI=1S/C10H18O2/c1-4-5-9(11)7-10(12)6-8(2)3/h8H,4-7H2,1-3H3. The van der Waals surface area contributed by atoms with Gasteiger partial charge in [0.15, 0.2) is 0 Å². The summed E-state index contributed by atoms with van der Waals surface area (Å²) in [7, 11) is 0. The Kier molecular flexibility index (Phi) is 5.60. The van der Waals surface area contributed by atoms with Crippen LogP contribution >= 0.6 is 0 Å². The lowest BCUT2D eigenvalue weighted by Crippen LogP contribution is -2.09. The van der Waals surface area contributed by atoms with Crippen molar-refractivity contribution in [3.63, 3.8) is 0 Å². The predicted molar refractivity (Wildman–Crippen MR) is 49.0 cm³/mol. The van der Waals surface area contributed by atoms with Crippen LogP contribution in [0.2, 0.25) is 0 Å². The lowest BCUT2D eigenvalue weighted by Gasteiger charge is -2.02. The molecule has 0 aromatic heterocycles. The lowest BCUT2D eigenvalue weighted by atomic mass is 10.0. The highest BCUT2D eigenvalue weighted by atomic mass is 16.1. The van der Waals surface area contributed by atoms with E-state index in [1.54, 1.807) is 0 Å². The third-order valence-corrected chi connectivity index (χ3v) is 1.56. The Morgan fingerprint density at radius 3 is 2.17 bits per heavy atom. The van der Waals surface area contributed by atoms with Crippen molar-refractivity contribution in [2.24, 2.45) is 5.92 Å². The van der Waals surface area contributed by atoms with Crippen molar-refractivity contribution in [2.75, 3.05) is 0 Å². The molecule has 70 valence electrons. The van der Waals surface area contributed by atoms with Gasteiger partial charge >= 0.3 is 0 Å². The van der Waals surface area contributed by atoms with E-state index in [2.05, 4.69) is 0 Å². The highest BCUT2D eigenvalue weighted by molar-refractivity contribution is 5.99. The van der Waals surface area contributed by atoms with Crippen LogP contribution in [0.5, 0.6) is 0 Å². The molecule has 2 nitrogen and oxygen atoms in total. The predicted octanol–water partition coefficient (Wildman–Crippen LogP) is 2.36. The van der Waals surface area contributed by atoms with Gasteiger partial charge in [0.25, 0.3) is 0 Å². The average Bonchev–Trinajstić information content (AvgIpc) is 1.84. The van der Waals surface area contributed by atoms with Crippen LogP contribution in [0.3, 0.4) is 0 Å². The molecule has 0 bridgehead atoms. The summed E-state index contributed by atoms with van der Waals surface area (Å²) < 4.78 is 0. The van der Waals surface area contributed by atoms with E-state index in [9.17, 15) is 9.59 Å². The highest BCUT2D eigenvalue weighted by Crippen LogP contribution is 2.04. The summed E-state index contributed by atoms with van der Waals surface area (Å²) in [5, 5.41) is 0. The first-order chi connectivity index (χ1) is 5.56. The van der Waals surface area contributed by atoms with Gasteiger partial charge in [0, 0.05) is 12.8 Å². The molecule has 0 aliphatic rings. The van der Waals surface area contributed by atoms with E-state index >= 15 is 0 Å². The quantitative estimate of drug-likeness (QED) is 0.573. The molecule has 0 atom stereocenters. The van der Waals surface area contributed by atoms with Crippen LogP contribution in [0.4, 0.5) is 0 Å². The van der Waals surface area contributed by atoms with E-state index in [0.29, 0.717) is 18.8 Å². The maximum atomic E-state index is 11.1. The monoisotopic (exact) mass is 170 g/mol. The van der Waals surface area contributed by atoms with E-state index in [-0.39, 0.29) is 18.0 Å². The molecule has 2 heteroatoms. The van der Waals surface area contributed by atoms with Gasteiger partial charge in [0.05, 0.1) is 6.42 Å². The SMILES string of the molecule is CCCC(=O)CC(=O)CC(C)C. The van der Waals surface area contributed by atoms with Crippen LogP contribution < -0.4 is 0 Å².